The van der Waals surface area contributed by atoms with Crippen molar-refractivity contribution in [2.45, 2.75) is 39.5 Å². The molecule has 4 rings (SSSR count). The zero-order chi connectivity index (χ0) is 20.4. The summed E-state index contributed by atoms with van der Waals surface area (Å²) in [5, 5.41) is 3.01. The highest BCUT2D eigenvalue weighted by Gasteiger charge is 2.27. The van der Waals surface area contributed by atoms with Crippen molar-refractivity contribution in [2.75, 3.05) is 25.0 Å². The largest absolute Gasteiger partial charge is 0.492 e. The molecule has 152 valence electrons. The number of rotatable bonds is 4. The Kier molecular flexibility index (Phi) is 5.43. The van der Waals surface area contributed by atoms with E-state index in [1.54, 1.807) is 0 Å². The third kappa shape index (κ3) is 4.06. The van der Waals surface area contributed by atoms with E-state index in [1.165, 1.54) is 11.1 Å². The minimum Gasteiger partial charge on any atom is -0.492 e. The van der Waals surface area contributed by atoms with E-state index in [0.717, 1.165) is 36.2 Å². The Morgan fingerprint density at radius 3 is 2.90 bits per heavy atom. The molecule has 1 atom stereocenters. The van der Waals surface area contributed by atoms with Crippen molar-refractivity contribution in [1.82, 2.24) is 14.9 Å². The maximum atomic E-state index is 12.9. The molecule has 0 radical (unpaired) electrons. The monoisotopic (exact) mass is 392 g/mol. The molecule has 2 aromatic carbocycles. The van der Waals surface area contributed by atoms with Crippen LogP contribution in [0.15, 0.2) is 36.4 Å². The highest BCUT2D eigenvalue weighted by molar-refractivity contribution is 5.91. The Hall–Kier alpha value is -3.02. The molecule has 2 heterocycles. The van der Waals surface area contributed by atoms with Crippen LogP contribution in [-0.4, -0.2) is 40.6 Å². The van der Waals surface area contributed by atoms with Crippen LogP contribution in [0.4, 0.5) is 10.5 Å². The molecule has 2 amide bonds. The molecule has 0 saturated carbocycles. The molecular formula is C23H28N4O2. The van der Waals surface area contributed by atoms with Gasteiger partial charge in [-0.05, 0) is 69.0 Å². The maximum Gasteiger partial charge on any atom is 0.321 e. The lowest BCUT2D eigenvalue weighted by Gasteiger charge is -2.32. The fourth-order valence-electron chi connectivity index (χ4n) is 3.91. The van der Waals surface area contributed by atoms with Crippen LogP contribution in [0, 0.1) is 13.8 Å². The predicted molar refractivity (Wildman–Crippen MR) is 116 cm³/mol. The second kappa shape index (κ2) is 8.15. The van der Waals surface area contributed by atoms with Crippen molar-refractivity contribution in [3.05, 3.63) is 53.3 Å². The molecule has 1 fully saturated rings. The van der Waals surface area contributed by atoms with Crippen LogP contribution in [-0.2, 0) is 0 Å². The number of H-pyrrole nitrogens is 1. The summed E-state index contributed by atoms with van der Waals surface area (Å²) in [6.45, 7) is 8.11. The first-order chi connectivity index (χ1) is 14.0. The molecule has 1 saturated heterocycles. The summed E-state index contributed by atoms with van der Waals surface area (Å²) in [7, 11) is 0. The van der Waals surface area contributed by atoms with Crippen molar-refractivity contribution in [3.63, 3.8) is 0 Å². The molecule has 0 bridgehead atoms. The van der Waals surface area contributed by atoms with Gasteiger partial charge in [-0.3, -0.25) is 0 Å². The van der Waals surface area contributed by atoms with Crippen molar-refractivity contribution >= 4 is 22.8 Å². The van der Waals surface area contributed by atoms with Crippen LogP contribution in [0.2, 0.25) is 0 Å². The standard InChI is InChI=1S/C23H28N4O2/c1-4-29-21-10-6-5-9-18(21)26-23(28)27-11-7-8-17(14-27)22-24-19-12-15(2)16(3)13-20(19)25-22/h5-6,9-10,12-13,17H,4,7-8,11,14H2,1-3H3,(H,24,25)(H,26,28). The molecular weight excluding hydrogens is 364 g/mol. The number of fused-ring (bicyclic) bond motifs is 1. The highest BCUT2D eigenvalue weighted by Crippen LogP contribution is 2.29. The summed E-state index contributed by atoms with van der Waals surface area (Å²) in [5.41, 5.74) is 5.26. The summed E-state index contributed by atoms with van der Waals surface area (Å²) in [6.07, 6.45) is 1.98. The molecule has 6 heteroatoms. The highest BCUT2D eigenvalue weighted by atomic mass is 16.5. The Morgan fingerprint density at radius 1 is 1.28 bits per heavy atom. The molecule has 6 nitrogen and oxygen atoms in total. The number of urea groups is 1. The Balaban J connectivity index is 1.49. The van der Waals surface area contributed by atoms with Crippen molar-refractivity contribution in [1.29, 1.82) is 0 Å². The smallest absolute Gasteiger partial charge is 0.321 e. The first-order valence-corrected chi connectivity index (χ1v) is 10.3. The lowest BCUT2D eigenvalue weighted by atomic mass is 9.97. The van der Waals surface area contributed by atoms with E-state index in [0.29, 0.717) is 24.6 Å². The molecule has 2 N–H and O–H groups in total. The van der Waals surface area contributed by atoms with Crippen LogP contribution >= 0.6 is 0 Å². The van der Waals surface area contributed by atoms with Crippen molar-refractivity contribution < 1.29 is 9.53 Å². The van der Waals surface area contributed by atoms with Gasteiger partial charge in [-0.25, -0.2) is 9.78 Å². The zero-order valence-corrected chi connectivity index (χ0v) is 17.3. The average Bonchev–Trinajstić information content (AvgIpc) is 3.13. The quantitative estimate of drug-likeness (QED) is 0.657. The van der Waals surface area contributed by atoms with Gasteiger partial charge < -0.3 is 19.9 Å². The minimum absolute atomic E-state index is 0.0929. The van der Waals surface area contributed by atoms with E-state index in [-0.39, 0.29) is 11.9 Å². The summed E-state index contributed by atoms with van der Waals surface area (Å²) in [5.74, 6) is 1.88. The summed E-state index contributed by atoms with van der Waals surface area (Å²) in [4.78, 5) is 23.1. The van der Waals surface area contributed by atoms with E-state index in [2.05, 4.69) is 36.3 Å². The van der Waals surface area contributed by atoms with Gasteiger partial charge in [0, 0.05) is 19.0 Å². The number of hydrogen-bond acceptors (Lipinski definition) is 3. The number of aromatic amines is 1. The van der Waals surface area contributed by atoms with Crippen LogP contribution in [0.25, 0.3) is 11.0 Å². The number of nitrogens with one attached hydrogen (secondary N) is 2. The average molecular weight is 393 g/mol. The van der Waals surface area contributed by atoms with Gasteiger partial charge >= 0.3 is 6.03 Å². The molecule has 3 aromatic rings. The van der Waals surface area contributed by atoms with E-state index >= 15 is 0 Å². The fraction of sp³-hybridized carbons (Fsp3) is 0.391. The number of anilines is 1. The predicted octanol–water partition coefficient (Wildman–Crippen LogP) is 4.99. The topological polar surface area (TPSA) is 70.2 Å². The number of para-hydroxylation sites is 2. The number of aryl methyl sites for hydroxylation is 2. The number of amides is 2. The van der Waals surface area contributed by atoms with Crippen LogP contribution in [0.5, 0.6) is 5.75 Å². The Labute approximate surface area is 171 Å². The number of piperidine rings is 1. The van der Waals surface area contributed by atoms with Gasteiger partial charge in [0.15, 0.2) is 0 Å². The maximum absolute atomic E-state index is 12.9. The summed E-state index contributed by atoms with van der Waals surface area (Å²) in [6, 6.07) is 11.7. The van der Waals surface area contributed by atoms with Gasteiger partial charge in [0.1, 0.15) is 11.6 Å². The number of nitrogens with zero attached hydrogens (tertiary/aromatic N) is 2. The zero-order valence-electron chi connectivity index (χ0n) is 17.3. The molecule has 1 aliphatic rings. The van der Waals surface area contributed by atoms with Gasteiger partial charge in [0.05, 0.1) is 23.3 Å². The van der Waals surface area contributed by atoms with E-state index in [9.17, 15) is 4.79 Å². The molecule has 1 aliphatic heterocycles. The summed E-state index contributed by atoms with van der Waals surface area (Å²) < 4.78 is 5.62. The van der Waals surface area contributed by atoms with E-state index < -0.39 is 0 Å². The first-order valence-electron chi connectivity index (χ1n) is 10.3. The van der Waals surface area contributed by atoms with Gasteiger partial charge in [-0.1, -0.05) is 12.1 Å². The van der Waals surface area contributed by atoms with E-state index in [4.69, 9.17) is 9.72 Å². The van der Waals surface area contributed by atoms with Crippen molar-refractivity contribution in [3.8, 4) is 5.75 Å². The van der Waals surface area contributed by atoms with Crippen molar-refractivity contribution in [2.24, 2.45) is 0 Å². The fourth-order valence-corrected chi connectivity index (χ4v) is 3.91. The molecule has 1 unspecified atom stereocenters. The molecule has 0 spiro atoms. The number of benzene rings is 2. The van der Waals surface area contributed by atoms with Gasteiger partial charge in [-0.15, -0.1) is 0 Å². The molecule has 29 heavy (non-hydrogen) atoms. The van der Waals surface area contributed by atoms with E-state index in [1.807, 2.05) is 36.1 Å². The minimum atomic E-state index is -0.0929. The SMILES string of the molecule is CCOc1ccccc1NC(=O)N1CCCC(c2nc3cc(C)c(C)cc3[nH]2)C1. The van der Waals surface area contributed by atoms with Gasteiger partial charge in [-0.2, -0.15) is 0 Å². The number of likely N-dealkylation sites (tertiary alicyclic amines) is 1. The number of imidazole rings is 1. The van der Waals surface area contributed by atoms with Crippen LogP contribution < -0.4 is 10.1 Å². The molecule has 0 aliphatic carbocycles. The number of hydrogen-bond donors (Lipinski definition) is 2. The number of aromatic nitrogens is 2. The van der Waals surface area contributed by atoms with Gasteiger partial charge in [0.25, 0.3) is 0 Å². The number of ether oxygens (including phenoxy) is 1. The third-order valence-corrected chi connectivity index (χ3v) is 5.64. The lowest BCUT2D eigenvalue weighted by Crippen LogP contribution is -2.41. The normalized spacial score (nSPS) is 16.8. The van der Waals surface area contributed by atoms with Crippen LogP contribution in [0.3, 0.4) is 0 Å². The first kappa shape index (κ1) is 19.3. The number of carbonyl (C=O) groups is 1. The molecule has 1 aromatic heterocycles. The Bertz CT molecular complexity index is 988. The third-order valence-electron chi connectivity index (χ3n) is 5.64. The van der Waals surface area contributed by atoms with Gasteiger partial charge in [0.2, 0.25) is 0 Å². The Morgan fingerprint density at radius 2 is 2.07 bits per heavy atom. The second-order valence-electron chi connectivity index (χ2n) is 7.72. The lowest BCUT2D eigenvalue weighted by molar-refractivity contribution is 0.191. The van der Waals surface area contributed by atoms with Crippen LogP contribution in [0.1, 0.15) is 42.6 Å². The number of carbonyl (C=O) groups excluding carboxylic acids is 1. The summed E-state index contributed by atoms with van der Waals surface area (Å²) >= 11 is 0. The second-order valence-corrected chi connectivity index (χ2v) is 7.72.